The SMILES string of the molecule is COCC1=CC(C2CC2)C2=C3C(=CCC2)CNCCN13. The fourth-order valence-corrected chi connectivity index (χ4v) is 4.01. The minimum atomic E-state index is 0.688. The van der Waals surface area contributed by atoms with Crippen molar-refractivity contribution in [2.75, 3.05) is 33.4 Å². The van der Waals surface area contributed by atoms with Crippen LogP contribution in [-0.2, 0) is 4.74 Å². The van der Waals surface area contributed by atoms with Crippen molar-refractivity contribution in [3.63, 3.8) is 0 Å². The summed E-state index contributed by atoms with van der Waals surface area (Å²) in [6, 6.07) is 0. The van der Waals surface area contributed by atoms with Gasteiger partial charge >= 0.3 is 0 Å². The van der Waals surface area contributed by atoms with Crippen LogP contribution < -0.4 is 5.32 Å². The third-order valence-electron chi connectivity index (χ3n) is 5.05. The Bertz CT molecular complexity index is 499. The molecule has 20 heavy (non-hydrogen) atoms. The molecule has 2 fully saturated rings. The molecule has 3 heteroatoms. The predicted molar refractivity (Wildman–Crippen MR) is 80.1 cm³/mol. The Hall–Kier alpha value is -1.06. The van der Waals surface area contributed by atoms with E-state index in [2.05, 4.69) is 22.4 Å². The van der Waals surface area contributed by atoms with E-state index < -0.39 is 0 Å². The van der Waals surface area contributed by atoms with Crippen molar-refractivity contribution in [1.29, 1.82) is 0 Å². The molecule has 3 nitrogen and oxygen atoms in total. The summed E-state index contributed by atoms with van der Waals surface area (Å²) >= 11 is 0. The lowest BCUT2D eigenvalue weighted by molar-refractivity contribution is 0.196. The van der Waals surface area contributed by atoms with Crippen LogP contribution in [0.2, 0.25) is 0 Å². The summed E-state index contributed by atoms with van der Waals surface area (Å²) in [6.45, 7) is 3.91. The van der Waals surface area contributed by atoms with E-state index in [9.17, 15) is 0 Å². The number of hydrogen-bond acceptors (Lipinski definition) is 3. The first-order valence-electron chi connectivity index (χ1n) is 7.99. The summed E-state index contributed by atoms with van der Waals surface area (Å²) in [7, 11) is 1.81. The summed E-state index contributed by atoms with van der Waals surface area (Å²) in [5.74, 6) is 1.59. The quantitative estimate of drug-likeness (QED) is 0.854. The van der Waals surface area contributed by atoms with Crippen LogP contribution in [0, 0.1) is 11.8 Å². The smallest absolute Gasteiger partial charge is 0.0861 e. The van der Waals surface area contributed by atoms with Crippen LogP contribution in [0.15, 0.2) is 34.7 Å². The molecule has 1 atom stereocenters. The van der Waals surface area contributed by atoms with Crippen LogP contribution >= 0.6 is 0 Å². The molecular formula is C17H24N2O. The monoisotopic (exact) mass is 272 g/mol. The molecule has 2 heterocycles. The molecule has 0 aromatic heterocycles. The Labute approximate surface area is 121 Å². The van der Waals surface area contributed by atoms with Crippen LogP contribution in [0.25, 0.3) is 0 Å². The van der Waals surface area contributed by atoms with E-state index in [4.69, 9.17) is 4.74 Å². The van der Waals surface area contributed by atoms with Crippen molar-refractivity contribution in [3.8, 4) is 0 Å². The highest BCUT2D eigenvalue weighted by Crippen LogP contribution is 2.49. The van der Waals surface area contributed by atoms with E-state index in [1.807, 2.05) is 7.11 Å². The molecule has 4 aliphatic rings. The summed E-state index contributed by atoms with van der Waals surface area (Å²) in [5, 5.41) is 3.57. The Balaban J connectivity index is 1.78. The first kappa shape index (κ1) is 12.7. The molecule has 0 spiro atoms. The summed E-state index contributed by atoms with van der Waals surface area (Å²) < 4.78 is 5.47. The van der Waals surface area contributed by atoms with E-state index in [0.717, 1.165) is 32.2 Å². The van der Waals surface area contributed by atoms with Crippen molar-refractivity contribution >= 4 is 0 Å². The van der Waals surface area contributed by atoms with Gasteiger partial charge in [0.15, 0.2) is 0 Å². The van der Waals surface area contributed by atoms with Gasteiger partial charge in [-0.25, -0.2) is 0 Å². The second-order valence-electron chi connectivity index (χ2n) is 6.42. The lowest BCUT2D eigenvalue weighted by atomic mass is 9.80. The molecule has 1 N–H and O–H groups in total. The van der Waals surface area contributed by atoms with Crippen LogP contribution in [0.4, 0.5) is 0 Å². The number of nitrogens with zero attached hydrogens (tertiary/aromatic N) is 1. The lowest BCUT2D eigenvalue weighted by Gasteiger charge is -2.39. The van der Waals surface area contributed by atoms with E-state index in [0.29, 0.717) is 5.92 Å². The lowest BCUT2D eigenvalue weighted by Crippen LogP contribution is -2.34. The van der Waals surface area contributed by atoms with Gasteiger partial charge in [0.25, 0.3) is 0 Å². The predicted octanol–water partition coefficient (Wildman–Crippen LogP) is 2.44. The van der Waals surface area contributed by atoms with Crippen LogP contribution in [0.1, 0.15) is 25.7 Å². The Kier molecular flexibility index (Phi) is 3.20. The van der Waals surface area contributed by atoms with E-state index in [1.54, 1.807) is 11.3 Å². The first-order chi connectivity index (χ1) is 9.88. The van der Waals surface area contributed by atoms with Crippen molar-refractivity contribution in [3.05, 3.63) is 34.7 Å². The zero-order chi connectivity index (χ0) is 13.5. The van der Waals surface area contributed by atoms with E-state index >= 15 is 0 Å². The molecule has 1 saturated heterocycles. The Morgan fingerprint density at radius 3 is 3.10 bits per heavy atom. The second-order valence-corrected chi connectivity index (χ2v) is 6.42. The molecule has 0 aromatic rings. The maximum atomic E-state index is 5.47. The number of hydrogen-bond donors (Lipinski definition) is 1. The molecule has 108 valence electrons. The second kappa shape index (κ2) is 5.05. The van der Waals surface area contributed by atoms with Gasteiger partial charge in [-0.05, 0) is 42.7 Å². The first-order valence-corrected chi connectivity index (χ1v) is 7.99. The number of nitrogens with one attached hydrogen (secondary N) is 1. The molecule has 0 aromatic carbocycles. The molecule has 0 amide bonds. The average molecular weight is 272 g/mol. The molecule has 4 rings (SSSR count). The molecule has 1 unspecified atom stereocenters. The number of methoxy groups -OCH3 is 1. The van der Waals surface area contributed by atoms with Gasteiger partial charge in [-0.1, -0.05) is 12.2 Å². The standard InChI is InChI=1S/C17H24N2O/c1-20-11-14-9-16(12-5-6-12)15-4-2-3-13-10-18-7-8-19(14)17(13)15/h3,9,12,16,18H,2,4-8,10-11H2,1H3. The molecule has 0 bridgehead atoms. The van der Waals surface area contributed by atoms with Crippen molar-refractivity contribution in [2.24, 2.45) is 11.8 Å². The summed E-state index contributed by atoms with van der Waals surface area (Å²) in [4.78, 5) is 2.53. The fraction of sp³-hybridized carbons (Fsp3) is 0.647. The average Bonchev–Trinajstić information content (AvgIpc) is 3.29. The zero-order valence-electron chi connectivity index (χ0n) is 12.3. The maximum absolute atomic E-state index is 5.47. The van der Waals surface area contributed by atoms with Crippen molar-refractivity contribution in [2.45, 2.75) is 25.7 Å². The van der Waals surface area contributed by atoms with Gasteiger partial charge in [0.2, 0.25) is 0 Å². The molecule has 1 saturated carbocycles. The van der Waals surface area contributed by atoms with Crippen LogP contribution in [0.5, 0.6) is 0 Å². The number of allylic oxidation sites excluding steroid dienone is 3. The van der Waals surface area contributed by atoms with Crippen LogP contribution in [-0.4, -0.2) is 38.3 Å². The topological polar surface area (TPSA) is 24.5 Å². The van der Waals surface area contributed by atoms with Gasteiger partial charge in [0.1, 0.15) is 0 Å². The van der Waals surface area contributed by atoms with Gasteiger partial charge in [-0.2, -0.15) is 0 Å². The highest BCUT2D eigenvalue weighted by atomic mass is 16.5. The minimum absolute atomic E-state index is 0.688. The molecule has 2 aliphatic heterocycles. The van der Waals surface area contributed by atoms with E-state index in [1.165, 1.54) is 37.0 Å². The van der Waals surface area contributed by atoms with Gasteiger partial charge < -0.3 is 15.0 Å². The normalized spacial score (nSPS) is 29.6. The zero-order valence-corrected chi connectivity index (χ0v) is 12.3. The molecule has 0 radical (unpaired) electrons. The number of rotatable bonds is 3. The number of ether oxygens (including phenoxy) is 1. The van der Waals surface area contributed by atoms with E-state index in [-0.39, 0.29) is 0 Å². The highest BCUT2D eigenvalue weighted by molar-refractivity contribution is 5.47. The van der Waals surface area contributed by atoms with Gasteiger partial charge in [0.05, 0.1) is 6.61 Å². The molecular weight excluding hydrogens is 248 g/mol. The van der Waals surface area contributed by atoms with Crippen LogP contribution in [0.3, 0.4) is 0 Å². The largest absolute Gasteiger partial charge is 0.378 e. The molecule has 2 aliphatic carbocycles. The van der Waals surface area contributed by atoms with Crippen molar-refractivity contribution < 1.29 is 4.74 Å². The van der Waals surface area contributed by atoms with Gasteiger partial charge in [0, 0.05) is 44.1 Å². The van der Waals surface area contributed by atoms with Crippen molar-refractivity contribution in [1.82, 2.24) is 10.2 Å². The fourth-order valence-electron chi connectivity index (χ4n) is 4.01. The Morgan fingerprint density at radius 1 is 1.40 bits per heavy atom. The highest BCUT2D eigenvalue weighted by Gasteiger charge is 2.39. The summed E-state index contributed by atoms with van der Waals surface area (Å²) in [5.41, 5.74) is 6.18. The van der Waals surface area contributed by atoms with Gasteiger partial charge in [-0.15, -0.1) is 0 Å². The Morgan fingerprint density at radius 2 is 2.30 bits per heavy atom. The minimum Gasteiger partial charge on any atom is -0.378 e. The third kappa shape index (κ3) is 2.04. The summed E-state index contributed by atoms with van der Waals surface area (Å²) in [6.07, 6.45) is 10.3. The third-order valence-corrected chi connectivity index (χ3v) is 5.05. The maximum Gasteiger partial charge on any atom is 0.0861 e. The van der Waals surface area contributed by atoms with Gasteiger partial charge in [-0.3, -0.25) is 0 Å².